The van der Waals surface area contributed by atoms with E-state index in [0.29, 0.717) is 36.7 Å². The Morgan fingerprint density at radius 3 is 2.85 bits per heavy atom. The Balaban J connectivity index is 1.72. The molecule has 1 fully saturated rings. The average Bonchev–Trinajstić information content (AvgIpc) is 2.67. The van der Waals surface area contributed by atoms with Crippen LogP contribution < -0.4 is 10.2 Å². The van der Waals surface area contributed by atoms with Gasteiger partial charge in [-0.3, -0.25) is 0 Å². The fraction of sp³-hybridized carbons (Fsp3) is 0.450. The van der Waals surface area contributed by atoms with Gasteiger partial charge in [-0.1, -0.05) is 44.5 Å². The lowest BCUT2D eigenvalue weighted by Gasteiger charge is -2.43. The molecule has 0 saturated carbocycles. The summed E-state index contributed by atoms with van der Waals surface area (Å²) in [5.74, 6) is 0.920. The zero-order chi connectivity index (χ0) is 19.4. The van der Waals surface area contributed by atoms with Crippen molar-refractivity contribution < 1.29 is 4.79 Å². The molecule has 27 heavy (non-hydrogen) atoms. The first-order valence-electron chi connectivity index (χ1n) is 9.38. The van der Waals surface area contributed by atoms with Gasteiger partial charge in [-0.05, 0) is 36.1 Å². The van der Waals surface area contributed by atoms with Crippen LogP contribution in [0.4, 0.5) is 16.4 Å². The molecule has 1 aromatic carbocycles. The zero-order valence-corrected chi connectivity index (χ0v) is 16.8. The van der Waals surface area contributed by atoms with E-state index in [1.807, 2.05) is 23.1 Å². The number of amides is 2. The van der Waals surface area contributed by atoms with Gasteiger partial charge in [-0.25, -0.2) is 14.8 Å². The number of nitrogens with one attached hydrogen (secondary N) is 1. The van der Waals surface area contributed by atoms with Gasteiger partial charge in [0.2, 0.25) is 5.95 Å². The molecule has 7 heteroatoms. The summed E-state index contributed by atoms with van der Waals surface area (Å²) in [6, 6.07) is 9.66. The molecule has 6 nitrogen and oxygen atoms in total. The smallest absolute Gasteiger partial charge is 0.322 e. The van der Waals surface area contributed by atoms with Crippen LogP contribution in [0.1, 0.15) is 26.3 Å². The summed E-state index contributed by atoms with van der Waals surface area (Å²) < 4.78 is 0. The Morgan fingerprint density at radius 1 is 1.33 bits per heavy atom. The van der Waals surface area contributed by atoms with Crippen molar-refractivity contribution in [1.82, 2.24) is 14.9 Å². The van der Waals surface area contributed by atoms with E-state index in [-0.39, 0.29) is 12.1 Å². The highest BCUT2D eigenvalue weighted by molar-refractivity contribution is 6.29. The third-order valence-corrected chi connectivity index (χ3v) is 5.14. The van der Waals surface area contributed by atoms with E-state index in [4.69, 9.17) is 11.6 Å². The summed E-state index contributed by atoms with van der Waals surface area (Å²) in [4.78, 5) is 25.6. The van der Waals surface area contributed by atoms with Crippen LogP contribution in [-0.2, 0) is 6.42 Å². The van der Waals surface area contributed by atoms with Gasteiger partial charge in [0.05, 0.1) is 6.04 Å². The Bertz CT molecular complexity index is 797. The standard InChI is InChI=1S/C20H26ClN5O/c1-4-15-6-5-7-16(12-15)23-20(27)26-11-10-25(13-17(26)14(2)3)19-22-9-8-18(21)24-19/h5-9,12,14,17H,4,10-11,13H2,1-3H3,(H,23,27). The van der Waals surface area contributed by atoms with Gasteiger partial charge >= 0.3 is 6.03 Å². The predicted octanol–water partition coefficient (Wildman–Crippen LogP) is 4.07. The third kappa shape index (κ3) is 4.69. The molecule has 2 heterocycles. The molecule has 2 amide bonds. The number of halogens is 1. The average molecular weight is 388 g/mol. The molecule has 2 aromatic rings. The number of hydrogen-bond acceptors (Lipinski definition) is 4. The van der Waals surface area contributed by atoms with Gasteiger partial charge in [-0.15, -0.1) is 0 Å². The lowest BCUT2D eigenvalue weighted by Crippen LogP contribution is -2.58. The number of anilines is 2. The monoisotopic (exact) mass is 387 g/mol. The molecular formula is C20H26ClN5O. The van der Waals surface area contributed by atoms with E-state index in [9.17, 15) is 4.79 Å². The molecule has 144 valence electrons. The maximum Gasteiger partial charge on any atom is 0.322 e. The quantitative estimate of drug-likeness (QED) is 0.803. The SMILES string of the molecule is CCc1cccc(NC(=O)N2CCN(c3nccc(Cl)n3)CC2C(C)C)c1. The minimum absolute atomic E-state index is 0.0615. The van der Waals surface area contributed by atoms with E-state index in [0.717, 1.165) is 12.1 Å². The molecule has 1 aromatic heterocycles. The zero-order valence-electron chi connectivity index (χ0n) is 16.0. The first-order chi connectivity index (χ1) is 13.0. The molecule has 1 unspecified atom stereocenters. The molecule has 0 radical (unpaired) electrons. The highest BCUT2D eigenvalue weighted by Gasteiger charge is 2.33. The van der Waals surface area contributed by atoms with Crippen molar-refractivity contribution in [2.75, 3.05) is 29.9 Å². The van der Waals surface area contributed by atoms with Gasteiger partial charge in [0, 0.05) is 31.5 Å². The van der Waals surface area contributed by atoms with E-state index < -0.39 is 0 Å². The summed E-state index contributed by atoms with van der Waals surface area (Å²) in [7, 11) is 0. The number of carbonyl (C=O) groups excluding carboxylic acids is 1. The second kappa shape index (κ2) is 8.57. The molecule has 0 spiro atoms. The molecule has 1 aliphatic heterocycles. The predicted molar refractivity (Wildman–Crippen MR) is 109 cm³/mol. The van der Waals surface area contributed by atoms with Gasteiger partial charge in [0.15, 0.2) is 0 Å². The number of aromatic nitrogens is 2. The topological polar surface area (TPSA) is 61.4 Å². The minimum Gasteiger partial charge on any atom is -0.337 e. The molecule has 1 aliphatic rings. The number of nitrogens with zero attached hydrogens (tertiary/aromatic N) is 4. The van der Waals surface area contributed by atoms with Crippen LogP contribution >= 0.6 is 11.6 Å². The van der Waals surface area contributed by atoms with E-state index in [2.05, 4.69) is 47.0 Å². The van der Waals surface area contributed by atoms with Crippen molar-refractivity contribution in [3.8, 4) is 0 Å². The number of urea groups is 1. The van der Waals surface area contributed by atoms with Crippen molar-refractivity contribution in [1.29, 1.82) is 0 Å². The third-order valence-electron chi connectivity index (χ3n) is 4.93. The lowest BCUT2D eigenvalue weighted by atomic mass is 10.00. The summed E-state index contributed by atoms with van der Waals surface area (Å²) in [6.45, 7) is 8.33. The van der Waals surface area contributed by atoms with Crippen LogP contribution in [0, 0.1) is 5.92 Å². The molecule has 1 saturated heterocycles. The second-order valence-electron chi connectivity index (χ2n) is 7.11. The van der Waals surface area contributed by atoms with Crippen molar-refractivity contribution in [2.24, 2.45) is 5.92 Å². The van der Waals surface area contributed by atoms with Crippen molar-refractivity contribution in [3.05, 3.63) is 47.2 Å². The van der Waals surface area contributed by atoms with Crippen molar-refractivity contribution in [3.63, 3.8) is 0 Å². The molecule has 0 bridgehead atoms. The number of rotatable bonds is 4. The highest BCUT2D eigenvalue weighted by Crippen LogP contribution is 2.22. The van der Waals surface area contributed by atoms with Crippen LogP contribution in [-0.4, -0.2) is 46.6 Å². The molecule has 3 rings (SSSR count). The fourth-order valence-electron chi connectivity index (χ4n) is 3.36. The number of piperazine rings is 1. The maximum absolute atomic E-state index is 12.9. The van der Waals surface area contributed by atoms with Crippen molar-refractivity contribution in [2.45, 2.75) is 33.2 Å². The van der Waals surface area contributed by atoms with Gasteiger partial charge < -0.3 is 15.1 Å². The Labute approximate surface area is 165 Å². The molecular weight excluding hydrogens is 362 g/mol. The first-order valence-corrected chi connectivity index (χ1v) is 9.75. The molecule has 1 N–H and O–H groups in total. The largest absolute Gasteiger partial charge is 0.337 e. The van der Waals surface area contributed by atoms with Crippen LogP contribution in [0.5, 0.6) is 0 Å². The second-order valence-corrected chi connectivity index (χ2v) is 7.50. The fourth-order valence-corrected chi connectivity index (χ4v) is 3.49. The Kier molecular flexibility index (Phi) is 6.16. The number of carbonyl (C=O) groups is 1. The van der Waals surface area contributed by atoms with Crippen LogP contribution in [0.25, 0.3) is 0 Å². The summed E-state index contributed by atoms with van der Waals surface area (Å²) in [6.07, 6.45) is 2.60. The number of aryl methyl sites for hydroxylation is 1. The Hall–Kier alpha value is -2.34. The van der Waals surface area contributed by atoms with Crippen LogP contribution in [0.15, 0.2) is 36.5 Å². The van der Waals surface area contributed by atoms with Crippen LogP contribution in [0.2, 0.25) is 5.15 Å². The van der Waals surface area contributed by atoms with E-state index in [1.165, 1.54) is 5.56 Å². The minimum atomic E-state index is -0.0615. The first kappa shape index (κ1) is 19.4. The van der Waals surface area contributed by atoms with Gasteiger partial charge in [0.1, 0.15) is 5.15 Å². The maximum atomic E-state index is 12.9. The summed E-state index contributed by atoms with van der Waals surface area (Å²) in [5.41, 5.74) is 2.04. The number of benzene rings is 1. The molecule has 1 atom stereocenters. The van der Waals surface area contributed by atoms with E-state index in [1.54, 1.807) is 12.3 Å². The lowest BCUT2D eigenvalue weighted by molar-refractivity contribution is 0.156. The summed E-state index contributed by atoms with van der Waals surface area (Å²) >= 11 is 6.00. The molecule has 0 aliphatic carbocycles. The highest BCUT2D eigenvalue weighted by atomic mass is 35.5. The van der Waals surface area contributed by atoms with E-state index >= 15 is 0 Å². The summed E-state index contributed by atoms with van der Waals surface area (Å²) in [5, 5.41) is 3.48. The van der Waals surface area contributed by atoms with Gasteiger partial charge in [-0.2, -0.15) is 0 Å². The Morgan fingerprint density at radius 2 is 2.15 bits per heavy atom. The van der Waals surface area contributed by atoms with Crippen molar-refractivity contribution >= 4 is 29.3 Å². The number of hydrogen-bond donors (Lipinski definition) is 1. The normalized spacial score (nSPS) is 17.3. The van der Waals surface area contributed by atoms with Crippen LogP contribution in [0.3, 0.4) is 0 Å². The van der Waals surface area contributed by atoms with Gasteiger partial charge in [0.25, 0.3) is 0 Å².